The van der Waals surface area contributed by atoms with Gasteiger partial charge in [-0.1, -0.05) is 13.8 Å². The smallest absolute Gasteiger partial charge is 0.0358 e. The van der Waals surface area contributed by atoms with Crippen molar-refractivity contribution in [1.82, 2.24) is 0 Å². The SMILES string of the molecule is CC.PP(P)P(P)P. The monoisotopic (exact) mass is 224 g/mol. The molecule has 0 saturated heterocycles. The molecule has 4 atom stereocenters. The summed E-state index contributed by atoms with van der Waals surface area (Å²) in [5.74, 6) is 0. The molecule has 0 aromatic heterocycles. The molecule has 0 heterocycles. The van der Waals surface area contributed by atoms with Crippen LogP contribution in [0.5, 0.6) is 0 Å². The van der Waals surface area contributed by atoms with Gasteiger partial charge >= 0.3 is 0 Å². The van der Waals surface area contributed by atoms with E-state index in [0.717, 1.165) is 0 Å². The van der Waals surface area contributed by atoms with Gasteiger partial charge in [0.25, 0.3) is 0 Å². The summed E-state index contributed by atoms with van der Waals surface area (Å²) in [5.41, 5.74) is 0. The van der Waals surface area contributed by atoms with Crippen molar-refractivity contribution in [2.24, 2.45) is 0 Å². The van der Waals surface area contributed by atoms with Gasteiger partial charge in [-0.05, 0) is 14.0 Å². The molecule has 4 unspecified atom stereocenters. The summed E-state index contributed by atoms with van der Waals surface area (Å²) >= 11 is 0. The molecule has 0 aromatic rings. The third-order valence-corrected chi connectivity index (χ3v) is 21.6. The van der Waals surface area contributed by atoms with Crippen LogP contribution < -0.4 is 0 Å². The summed E-state index contributed by atoms with van der Waals surface area (Å²) in [7, 11) is 11.2. The molecule has 0 radical (unpaired) electrons. The van der Waals surface area contributed by atoms with Crippen LogP contribution in [0, 0.1) is 0 Å². The zero-order valence-electron chi connectivity index (χ0n) is 5.20. The standard InChI is InChI=1S/C2H6.H8P6/c1-2;1-5(2)6(3)4/h1-2H3;1-4H2. The van der Waals surface area contributed by atoms with Crippen LogP contribution in [-0.2, 0) is 0 Å². The second kappa shape index (κ2) is 9.58. The first kappa shape index (κ1) is 13.2. The van der Waals surface area contributed by atoms with E-state index in [9.17, 15) is 0 Å². The quantitative estimate of drug-likeness (QED) is 0.589. The molecule has 0 rings (SSSR count). The van der Waals surface area contributed by atoms with Crippen molar-refractivity contribution in [1.29, 1.82) is 0 Å². The molecule has 0 bridgehead atoms. The van der Waals surface area contributed by atoms with E-state index in [-0.39, 0.29) is 14.0 Å². The summed E-state index contributed by atoms with van der Waals surface area (Å²) < 4.78 is 0. The second-order valence-electron chi connectivity index (χ2n) is 0.760. The fourth-order valence-electron chi connectivity index (χ4n) is 0. The molecule has 0 N–H and O–H groups in total. The maximum atomic E-state index is 2.79. The van der Waals surface area contributed by atoms with Crippen molar-refractivity contribution < 1.29 is 0 Å². The lowest BCUT2D eigenvalue weighted by Gasteiger charge is -2.06. The molecule has 0 aromatic carbocycles. The highest BCUT2D eigenvalue weighted by Crippen LogP contribution is 2.86. The number of hydrogen-bond donors (Lipinski definition) is 0. The summed E-state index contributed by atoms with van der Waals surface area (Å²) in [6, 6.07) is 0. The minimum absolute atomic E-state index is 0.165. The van der Waals surface area contributed by atoms with Crippen molar-refractivity contribution in [2.75, 3.05) is 0 Å². The Morgan fingerprint density at radius 2 is 0.875 bits per heavy atom. The lowest BCUT2D eigenvalue weighted by molar-refractivity contribution is 1.50. The Kier molecular flexibility index (Phi) is 15.8. The van der Waals surface area contributed by atoms with Crippen molar-refractivity contribution in [3.05, 3.63) is 0 Å². The van der Waals surface area contributed by atoms with Crippen LogP contribution in [0.2, 0.25) is 0 Å². The first-order chi connectivity index (χ1) is 3.64. The van der Waals surface area contributed by atoms with Gasteiger partial charge in [-0.3, -0.25) is 0 Å². The Hall–Kier alpha value is 2.58. The van der Waals surface area contributed by atoms with E-state index in [1.54, 1.807) is 0 Å². The largest absolute Gasteiger partial charge is 0.102 e. The summed E-state index contributed by atoms with van der Waals surface area (Å²) in [6.45, 7) is 4.33. The van der Waals surface area contributed by atoms with Gasteiger partial charge in [-0.15, -0.1) is 35.7 Å². The molecule has 0 fully saturated rings. The topological polar surface area (TPSA) is 0 Å². The van der Waals surface area contributed by atoms with E-state index < -0.39 is 0 Å². The van der Waals surface area contributed by atoms with Crippen LogP contribution in [0.15, 0.2) is 0 Å². The molecule has 0 aliphatic heterocycles. The Morgan fingerprint density at radius 1 is 0.750 bits per heavy atom. The highest BCUT2D eigenvalue weighted by atomic mass is 33.0. The van der Waals surface area contributed by atoms with Crippen LogP contribution in [0.1, 0.15) is 13.8 Å². The van der Waals surface area contributed by atoms with Crippen LogP contribution in [0.25, 0.3) is 0 Å². The zero-order valence-corrected chi connectivity index (χ0v) is 11.6. The Morgan fingerprint density at radius 3 is 0.875 bits per heavy atom. The molecule has 0 nitrogen and oxygen atoms in total. The number of rotatable bonds is 1. The number of hydrogen-bond acceptors (Lipinski definition) is 0. The average Bonchev–Trinajstić information content (AvgIpc) is 1.72. The van der Waals surface area contributed by atoms with E-state index in [1.165, 1.54) is 0 Å². The molecule has 0 aliphatic carbocycles. The fourth-order valence-corrected chi connectivity index (χ4v) is 0. The molecule has 8 heavy (non-hydrogen) atoms. The summed E-state index contributed by atoms with van der Waals surface area (Å²) in [4.78, 5) is 0. The van der Waals surface area contributed by atoms with Gasteiger partial charge < -0.3 is 0 Å². The van der Waals surface area contributed by atoms with Crippen molar-refractivity contribution in [3.8, 4) is 0 Å². The van der Waals surface area contributed by atoms with Gasteiger partial charge in [0.1, 0.15) is 0 Å². The van der Waals surface area contributed by atoms with Gasteiger partial charge in [-0.25, -0.2) is 0 Å². The molecule has 6 heteroatoms. The van der Waals surface area contributed by atoms with Gasteiger partial charge in [0.15, 0.2) is 0 Å². The maximum absolute atomic E-state index is 2.79. The van der Waals surface area contributed by atoms with Crippen molar-refractivity contribution in [2.45, 2.75) is 13.8 Å². The molecule has 0 spiro atoms. The van der Waals surface area contributed by atoms with Crippen molar-refractivity contribution >= 4 is 49.7 Å². The van der Waals surface area contributed by atoms with E-state index in [1.807, 2.05) is 13.8 Å². The lowest BCUT2D eigenvalue weighted by atomic mass is 11.0. The summed E-state index contributed by atoms with van der Waals surface area (Å²) in [5, 5.41) is 0. The average molecular weight is 224 g/mol. The van der Waals surface area contributed by atoms with Crippen LogP contribution >= 0.6 is 49.7 Å². The highest BCUT2D eigenvalue weighted by Gasteiger charge is 1.94. The minimum Gasteiger partial charge on any atom is -0.102 e. The first-order valence-corrected chi connectivity index (χ1v) is 12.1. The van der Waals surface area contributed by atoms with Crippen molar-refractivity contribution in [3.63, 3.8) is 0 Å². The third-order valence-electron chi connectivity index (χ3n) is 0.267. The van der Waals surface area contributed by atoms with Crippen LogP contribution in [-0.4, -0.2) is 0 Å². The lowest BCUT2D eigenvalue weighted by Crippen LogP contribution is -1.14. The van der Waals surface area contributed by atoms with Gasteiger partial charge in [-0.2, -0.15) is 0 Å². The van der Waals surface area contributed by atoms with E-state index >= 15 is 0 Å². The van der Waals surface area contributed by atoms with Gasteiger partial charge in [0.05, 0.1) is 0 Å². The van der Waals surface area contributed by atoms with E-state index in [2.05, 4.69) is 35.7 Å². The molecule has 52 valence electrons. The van der Waals surface area contributed by atoms with Gasteiger partial charge in [0.2, 0.25) is 0 Å². The molecule has 0 saturated carbocycles. The molecule has 0 aliphatic rings. The van der Waals surface area contributed by atoms with Crippen LogP contribution in [0.3, 0.4) is 0 Å². The Labute approximate surface area is 63.9 Å². The fraction of sp³-hybridized carbons (Fsp3) is 1.00. The first-order valence-electron chi connectivity index (χ1n) is 2.23. The maximum Gasteiger partial charge on any atom is -0.0358 e. The van der Waals surface area contributed by atoms with Crippen LogP contribution in [0.4, 0.5) is 0 Å². The van der Waals surface area contributed by atoms with Gasteiger partial charge in [0, 0.05) is 0 Å². The van der Waals surface area contributed by atoms with E-state index in [4.69, 9.17) is 0 Å². The van der Waals surface area contributed by atoms with E-state index in [0.29, 0.717) is 0 Å². The third kappa shape index (κ3) is 11.4. The molecular weight excluding hydrogens is 210 g/mol. The predicted octanol–water partition coefficient (Wildman–Crippen LogP) is 4.05. The predicted molar refractivity (Wildman–Crippen MR) is 64.0 cm³/mol. The zero-order chi connectivity index (χ0) is 7.15. The Bertz CT molecular complexity index is 27.5. The normalized spacial score (nSPS) is 9.00. The second-order valence-corrected chi connectivity index (χ2v) is 20.5. The Balaban J connectivity index is 0. The molecular formula is C2H14P6. The summed E-state index contributed by atoms with van der Waals surface area (Å²) in [6.07, 6.45) is 0. The minimum atomic E-state index is 0.165. The highest BCUT2D eigenvalue weighted by molar-refractivity contribution is 8.92. The molecule has 0 amide bonds.